The number of nitrogens with zero attached hydrogens (tertiary/aromatic N) is 1. The number of ether oxygens (including phenoxy) is 1. The Morgan fingerprint density at radius 1 is 0.921 bits per heavy atom. The topological polar surface area (TPSA) is 46.6 Å². The molecule has 196 valence electrons. The molecule has 1 heterocycles. The summed E-state index contributed by atoms with van der Waals surface area (Å²) in [6, 6.07) is 15.8. The maximum atomic E-state index is 13.9. The smallest absolute Gasteiger partial charge is 0.162 e. The third-order valence-electron chi connectivity index (χ3n) is 7.81. The lowest BCUT2D eigenvalue weighted by molar-refractivity contribution is -0.119. The van der Waals surface area contributed by atoms with E-state index in [2.05, 4.69) is 50.6 Å². The largest absolute Gasteiger partial charge is 0.479 e. The van der Waals surface area contributed by atoms with Gasteiger partial charge in [0.1, 0.15) is 12.4 Å². The van der Waals surface area contributed by atoms with E-state index in [1.54, 1.807) is 6.07 Å². The molecular weight excluding hydrogens is 494 g/mol. The highest BCUT2D eigenvalue weighted by atomic mass is 35.5. The van der Waals surface area contributed by atoms with Crippen LogP contribution in [0.5, 0.6) is 5.75 Å². The number of rotatable bonds is 5. The van der Waals surface area contributed by atoms with Gasteiger partial charge in [-0.2, -0.15) is 0 Å². The summed E-state index contributed by atoms with van der Waals surface area (Å²) < 4.78 is 5.59. The molecule has 0 atom stereocenters. The first kappa shape index (κ1) is 26.3. The number of hydrogen-bond acceptors (Lipinski definition) is 4. The Morgan fingerprint density at radius 2 is 1.50 bits per heavy atom. The van der Waals surface area contributed by atoms with Gasteiger partial charge in [-0.15, -0.1) is 6.42 Å². The van der Waals surface area contributed by atoms with Crippen LogP contribution in [0.3, 0.4) is 0 Å². The number of Topliss-reactive ketones (excluding diaryl/α,β-unsaturated/α-hetero) is 2. The van der Waals surface area contributed by atoms with Crippen molar-refractivity contribution >= 4 is 23.2 Å². The van der Waals surface area contributed by atoms with Crippen molar-refractivity contribution in [3.63, 3.8) is 0 Å². The molecule has 2 aromatic rings. The van der Waals surface area contributed by atoms with Crippen LogP contribution in [0.2, 0.25) is 5.02 Å². The number of ketones is 2. The molecule has 0 saturated carbocycles. The molecule has 2 aromatic carbocycles. The average molecular weight is 528 g/mol. The second kappa shape index (κ2) is 9.79. The maximum absolute atomic E-state index is 13.9. The fourth-order valence-electron chi connectivity index (χ4n) is 6.27. The van der Waals surface area contributed by atoms with Gasteiger partial charge in [0.15, 0.2) is 11.6 Å². The van der Waals surface area contributed by atoms with E-state index in [4.69, 9.17) is 22.8 Å². The summed E-state index contributed by atoms with van der Waals surface area (Å²) in [6.07, 6.45) is 7.77. The van der Waals surface area contributed by atoms with Crippen LogP contribution in [-0.2, 0) is 16.1 Å². The highest BCUT2D eigenvalue weighted by Crippen LogP contribution is 2.55. The van der Waals surface area contributed by atoms with E-state index < -0.39 is 5.92 Å². The van der Waals surface area contributed by atoms with Crippen LogP contribution in [0, 0.1) is 23.2 Å². The quantitative estimate of drug-likeness (QED) is 0.384. The molecule has 0 saturated heterocycles. The number of allylic oxidation sites excluding steroid dienone is 4. The van der Waals surface area contributed by atoms with Gasteiger partial charge in [0.05, 0.1) is 5.02 Å². The van der Waals surface area contributed by atoms with Crippen LogP contribution in [0.15, 0.2) is 71.1 Å². The van der Waals surface area contributed by atoms with Crippen LogP contribution >= 0.6 is 11.6 Å². The molecule has 1 aliphatic heterocycles. The molecule has 0 spiro atoms. The van der Waals surface area contributed by atoms with Crippen LogP contribution < -0.4 is 4.74 Å². The van der Waals surface area contributed by atoms with E-state index in [-0.39, 0.29) is 29.0 Å². The summed E-state index contributed by atoms with van der Waals surface area (Å²) in [5.41, 5.74) is 5.18. The van der Waals surface area contributed by atoms with Crippen molar-refractivity contribution in [3.05, 3.63) is 87.2 Å². The number of halogens is 1. The van der Waals surface area contributed by atoms with Crippen LogP contribution in [0.1, 0.15) is 70.4 Å². The van der Waals surface area contributed by atoms with Crippen molar-refractivity contribution < 1.29 is 14.3 Å². The van der Waals surface area contributed by atoms with Crippen molar-refractivity contribution in [1.29, 1.82) is 0 Å². The van der Waals surface area contributed by atoms with Gasteiger partial charge in [0, 0.05) is 47.8 Å². The number of carbonyl (C=O) groups excluding carboxylic acids is 2. The zero-order valence-corrected chi connectivity index (χ0v) is 23.3. The normalized spacial score (nSPS) is 20.7. The zero-order chi connectivity index (χ0) is 27.2. The Kier molecular flexibility index (Phi) is 6.78. The van der Waals surface area contributed by atoms with E-state index in [9.17, 15) is 9.59 Å². The Morgan fingerprint density at radius 3 is 2.03 bits per heavy atom. The van der Waals surface area contributed by atoms with Gasteiger partial charge in [0.25, 0.3) is 0 Å². The molecule has 0 aromatic heterocycles. The number of hydrogen-bond donors (Lipinski definition) is 0. The van der Waals surface area contributed by atoms with Crippen LogP contribution in [0.25, 0.3) is 0 Å². The number of terminal acetylenes is 1. The minimum atomic E-state index is -0.446. The molecule has 2 aliphatic carbocycles. The first-order chi connectivity index (χ1) is 18.0. The summed E-state index contributed by atoms with van der Waals surface area (Å²) >= 11 is 6.63. The Balaban J connectivity index is 1.73. The van der Waals surface area contributed by atoms with Crippen LogP contribution in [0.4, 0.5) is 0 Å². The standard InChI is InChI=1S/C33H34ClNO3/c1-6-14-38-28-13-12-22(15-23(28)34)29-30-24(16-32(2,3)18-26(30)36)35(20-21-10-8-7-9-11-21)25-17-33(4,5)19-27(37)31(25)29/h1,7-13,15,29H,14,16-20H2,2-5H3. The summed E-state index contributed by atoms with van der Waals surface area (Å²) in [4.78, 5) is 30.2. The second-order valence-corrected chi connectivity index (χ2v) is 12.7. The maximum Gasteiger partial charge on any atom is 0.162 e. The average Bonchev–Trinajstić information content (AvgIpc) is 2.83. The van der Waals surface area contributed by atoms with Gasteiger partial charge in [0.2, 0.25) is 0 Å². The fourth-order valence-corrected chi connectivity index (χ4v) is 6.51. The zero-order valence-electron chi connectivity index (χ0n) is 22.6. The van der Waals surface area contributed by atoms with Gasteiger partial charge in [-0.1, -0.05) is 81.6 Å². The predicted molar refractivity (Wildman–Crippen MR) is 151 cm³/mol. The second-order valence-electron chi connectivity index (χ2n) is 12.3. The lowest BCUT2D eigenvalue weighted by Crippen LogP contribution is -2.44. The third kappa shape index (κ3) is 4.93. The SMILES string of the molecule is C#CCOc1ccc(C2C3=C(CC(C)(C)CC3=O)N(Cc3ccccc3)C3=C2C(=O)CC(C)(C)C3)cc1Cl. The lowest BCUT2D eigenvalue weighted by Gasteiger charge is -2.49. The van der Waals surface area contributed by atoms with Crippen molar-refractivity contribution in [1.82, 2.24) is 4.90 Å². The fraction of sp³-hybridized carbons (Fsp3) is 0.394. The highest BCUT2D eigenvalue weighted by Gasteiger charge is 2.49. The molecule has 0 N–H and O–H groups in total. The van der Waals surface area contributed by atoms with Gasteiger partial charge in [-0.25, -0.2) is 0 Å². The number of carbonyl (C=O) groups is 2. The molecule has 0 bridgehead atoms. The first-order valence-electron chi connectivity index (χ1n) is 13.2. The minimum Gasteiger partial charge on any atom is -0.479 e. The molecule has 4 nitrogen and oxygen atoms in total. The molecule has 0 unspecified atom stereocenters. The Hall–Kier alpha value is -3.29. The van der Waals surface area contributed by atoms with Crippen molar-refractivity contribution in [2.75, 3.05) is 6.61 Å². The first-order valence-corrected chi connectivity index (χ1v) is 13.6. The molecule has 0 radical (unpaired) electrons. The van der Waals surface area contributed by atoms with Crippen LogP contribution in [-0.4, -0.2) is 23.1 Å². The van der Waals surface area contributed by atoms with E-state index >= 15 is 0 Å². The summed E-state index contributed by atoms with van der Waals surface area (Å²) in [6.45, 7) is 9.34. The summed E-state index contributed by atoms with van der Waals surface area (Å²) in [5.74, 6) is 2.71. The molecule has 0 amide bonds. The number of benzene rings is 2. The van der Waals surface area contributed by atoms with E-state index in [1.807, 2.05) is 30.3 Å². The lowest BCUT2D eigenvalue weighted by atomic mass is 9.63. The van der Waals surface area contributed by atoms with E-state index in [0.717, 1.165) is 46.5 Å². The van der Waals surface area contributed by atoms with Gasteiger partial charge in [-0.05, 0) is 46.9 Å². The van der Waals surface area contributed by atoms with E-state index in [1.165, 1.54) is 0 Å². The van der Waals surface area contributed by atoms with Gasteiger partial charge in [-0.3, -0.25) is 9.59 Å². The third-order valence-corrected chi connectivity index (χ3v) is 8.10. The molecule has 0 fully saturated rings. The van der Waals surface area contributed by atoms with Crippen molar-refractivity contribution in [3.8, 4) is 18.1 Å². The predicted octanol–water partition coefficient (Wildman–Crippen LogP) is 7.24. The molecule has 38 heavy (non-hydrogen) atoms. The summed E-state index contributed by atoms with van der Waals surface area (Å²) in [5, 5.41) is 0.418. The van der Waals surface area contributed by atoms with Gasteiger partial charge < -0.3 is 9.64 Å². The monoisotopic (exact) mass is 527 g/mol. The van der Waals surface area contributed by atoms with Gasteiger partial charge >= 0.3 is 0 Å². The van der Waals surface area contributed by atoms with Crippen molar-refractivity contribution in [2.45, 2.75) is 65.8 Å². The minimum absolute atomic E-state index is 0.104. The molecule has 5 heteroatoms. The molecule has 5 rings (SSSR count). The Bertz CT molecular complexity index is 1350. The van der Waals surface area contributed by atoms with Crippen molar-refractivity contribution in [2.24, 2.45) is 10.8 Å². The molecular formula is C33H34ClNO3. The molecule has 3 aliphatic rings. The van der Waals surface area contributed by atoms with E-state index in [0.29, 0.717) is 30.2 Å². The Labute approximate surface area is 230 Å². The summed E-state index contributed by atoms with van der Waals surface area (Å²) in [7, 11) is 0. The highest BCUT2D eigenvalue weighted by molar-refractivity contribution is 6.32.